The average molecular weight is 578 g/mol. The number of hydrogen-bond acceptors (Lipinski definition) is 5. The number of nitrogens with zero attached hydrogens (tertiary/aromatic N) is 5. The van der Waals surface area contributed by atoms with E-state index in [2.05, 4.69) is 41.4 Å². The molecule has 41 heavy (non-hydrogen) atoms. The average Bonchev–Trinajstić information content (AvgIpc) is 3.18. The smallest absolute Gasteiger partial charge is 0.317 e. The molecule has 0 spiro atoms. The van der Waals surface area contributed by atoms with Gasteiger partial charge in [-0.15, -0.1) is 0 Å². The van der Waals surface area contributed by atoms with Gasteiger partial charge in [0.05, 0.1) is 24.1 Å². The largest absolute Gasteiger partial charge is 0.338 e. The highest BCUT2D eigenvalue weighted by molar-refractivity contribution is 6.32. The molecule has 5 rings (SSSR count). The lowest BCUT2D eigenvalue weighted by atomic mass is 9.92. The molecule has 1 fully saturated rings. The van der Waals surface area contributed by atoms with Crippen molar-refractivity contribution in [2.24, 2.45) is 12.5 Å². The summed E-state index contributed by atoms with van der Waals surface area (Å²) in [5.74, 6) is 0.706. The lowest BCUT2D eigenvalue weighted by Gasteiger charge is -2.36. The van der Waals surface area contributed by atoms with Crippen LogP contribution in [0.15, 0.2) is 42.6 Å². The van der Waals surface area contributed by atoms with Crippen LogP contribution >= 0.6 is 11.6 Å². The van der Waals surface area contributed by atoms with E-state index >= 15 is 0 Å². The standard InChI is InChI=1S/C31H40ClN7O2/c1-21-6-9-27-26(16-21)35-28-24(19-34-36(28)5)20-39(27)29(40)22-7-8-23(25(32)17-22)18-33-30(41)38-14-12-37(13-15-38)11-10-31(2,3)4/h6-9,16-17,19,35H,10-15,18,20H2,1-5H3,(H,33,41). The van der Waals surface area contributed by atoms with Crippen LogP contribution < -0.4 is 15.5 Å². The number of nitrogens with one attached hydrogen (secondary N) is 2. The first-order valence-electron chi connectivity index (χ1n) is 14.2. The second-order valence-electron chi connectivity index (χ2n) is 12.3. The Labute approximate surface area is 247 Å². The number of benzene rings is 2. The Kier molecular flexibility index (Phi) is 8.29. The Bertz CT molecular complexity index is 1440. The van der Waals surface area contributed by atoms with Gasteiger partial charge < -0.3 is 20.4 Å². The molecule has 3 heterocycles. The zero-order chi connectivity index (χ0) is 29.3. The van der Waals surface area contributed by atoms with Gasteiger partial charge in [-0.1, -0.05) is 44.5 Å². The van der Waals surface area contributed by atoms with Gasteiger partial charge >= 0.3 is 6.03 Å². The van der Waals surface area contributed by atoms with Gasteiger partial charge in [-0.2, -0.15) is 5.10 Å². The molecule has 9 nitrogen and oxygen atoms in total. The lowest BCUT2D eigenvalue weighted by Crippen LogP contribution is -2.51. The molecule has 3 aromatic rings. The number of anilines is 3. The maximum absolute atomic E-state index is 13.8. The van der Waals surface area contributed by atoms with E-state index in [1.807, 2.05) is 43.1 Å². The maximum Gasteiger partial charge on any atom is 0.317 e. The summed E-state index contributed by atoms with van der Waals surface area (Å²) in [4.78, 5) is 32.7. The van der Waals surface area contributed by atoms with Crippen molar-refractivity contribution in [3.05, 3.63) is 69.9 Å². The summed E-state index contributed by atoms with van der Waals surface area (Å²) in [6.45, 7) is 13.7. The Hall–Kier alpha value is -3.56. The number of carbonyl (C=O) groups is 2. The molecule has 0 unspecified atom stereocenters. The van der Waals surface area contributed by atoms with Crippen molar-refractivity contribution in [1.82, 2.24) is 24.9 Å². The third-order valence-electron chi connectivity index (χ3n) is 7.85. The number of piperazine rings is 1. The quantitative estimate of drug-likeness (QED) is 0.415. The van der Waals surface area contributed by atoms with Crippen molar-refractivity contribution in [3.8, 4) is 0 Å². The fourth-order valence-corrected chi connectivity index (χ4v) is 5.49. The minimum Gasteiger partial charge on any atom is -0.338 e. The highest BCUT2D eigenvalue weighted by Crippen LogP contribution is 2.37. The predicted octanol–water partition coefficient (Wildman–Crippen LogP) is 5.55. The van der Waals surface area contributed by atoms with Gasteiger partial charge in [0.2, 0.25) is 0 Å². The number of rotatable bonds is 5. The predicted molar refractivity (Wildman–Crippen MR) is 164 cm³/mol. The van der Waals surface area contributed by atoms with Crippen LogP contribution in [0.25, 0.3) is 0 Å². The van der Waals surface area contributed by atoms with E-state index in [1.165, 1.54) is 0 Å². The molecule has 1 saturated heterocycles. The molecule has 0 aliphatic carbocycles. The Balaban J connectivity index is 1.23. The van der Waals surface area contributed by atoms with Gasteiger partial charge in [0, 0.05) is 55.9 Å². The molecule has 2 aliphatic rings. The van der Waals surface area contributed by atoms with E-state index in [-0.39, 0.29) is 11.9 Å². The monoisotopic (exact) mass is 577 g/mol. The lowest BCUT2D eigenvalue weighted by molar-refractivity contribution is 0.0985. The molecule has 0 saturated carbocycles. The van der Waals surface area contributed by atoms with Crippen molar-refractivity contribution in [2.45, 2.75) is 47.2 Å². The van der Waals surface area contributed by atoms with Gasteiger partial charge in [0.15, 0.2) is 0 Å². The fourth-order valence-electron chi connectivity index (χ4n) is 5.24. The number of hydrogen-bond donors (Lipinski definition) is 2. The highest BCUT2D eigenvalue weighted by Gasteiger charge is 2.28. The summed E-state index contributed by atoms with van der Waals surface area (Å²) < 4.78 is 1.78. The molecule has 2 aliphatic heterocycles. The Morgan fingerprint density at radius 3 is 2.54 bits per heavy atom. The molecule has 2 aromatic carbocycles. The molecule has 2 N–H and O–H groups in total. The van der Waals surface area contributed by atoms with E-state index in [0.717, 1.165) is 59.9 Å². The van der Waals surface area contributed by atoms with E-state index in [4.69, 9.17) is 11.6 Å². The van der Waals surface area contributed by atoms with E-state index in [0.29, 0.717) is 42.2 Å². The van der Waals surface area contributed by atoms with E-state index in [1.54, 1.807) is 27.9 Å². The van der Waals surface area contributed by atoms with Crippen molar-refractivity contribution >= 4 is 40.7 Å². The van der Waals surface area contributed by atoms with Crippen molar-refractivity contribution < 1.29 is 9.59 Å². The molecular formula is C31H40ClN7O2. The number of carbonyl (C=O) groups excluding carboxylic acids is 2. The zero-order valence-electron chi connectivity index (χ0n) is 24.6. The second-order valence-corrected chi connectivity index (χ2v) is 12.7. The van der Waals surface area contributed by atoms with Crippen LogP contribution in [-0.2, 0) is 20.1 Å². The molecule has 0 radical (unpaired) electrons. The third-order valence-corrected chi connectivity index (χ3v) is 8.20. The summed E-state index contributed by atoms with van der Waals surface area (Å²) in [5, 5.41) is 11.3. The first kappa shape index (κ1) is 29.0. The SMILES string of the molecule is Cc1ccc2c(c1)Nc1c(cnn1C)CN2C(=O)c1ccc(CNC(=O)N2CCN(CCC(C)(C)C)CC2)c(Cl)c1. The zero-order valence-corrected chi connectivity index (χ0v) is 25.4. The van der Waals surface area contributed by atoms with Crippen LogP contribution in [0.2, 0.25) is 5.02 Å². The third kappa shape index (κ3) is 6.68. The van der Waals surface area contributed by atoms with Crippen LogP contribution in [0, 0.1) is 12.3 Å². The second kappa shape index (κ2) is 11.7. The summed E-state index contributed by atoms with van der Waals surface area (Å²) in [7, 11) is 1.88. The Morgan fingerprint density at radius 2 is 1.83 bits per heavy atom. The van der Waals surface area contributed by atoms with Crippen LogP contribution in [0.1, 0.15) is 54.2 Å². The molecule has 10 heteroatoms. The summed E-state index contributed by atoms with van der Waals surface area (Å²) in [6, 6.07) is 11.2. The molecular weight excluding hydrogens is 538 g/mol. The van der Waals surface area contributed by atoms with Crippen LogP contribution in [0.3, 0.4) is 0 Å². The van der Waals surface area contributed by atoms with Gasteiger partial charge in [0.1, 0.15) is 5.82 Å². The number of halogens is 1. The minimum absolute atomic E-state index is 0.0899. The first-order valence-corrected chi connectivity index (χ1v) is 14.6. The minimum atomic E-state index is -0.157. The topological polar surface area (TPSA) is 85.7 Å². The van der Waals surface area contributed by atoms with Gasteiger partial charge in [0.25, 0.3) is 5.91 Å². The summed E-state index contributed by atoms with van der Waals surface area (Å²) in [5.41, 5.74) is 5.22. The van der Waals surface area contributed by atoms with Crippen molar-refractivity contribution in [1.29, 1.82) is 0 Å². The molecule has 0 bridgehead atoms. The van der Waals surface area contributed by atoms with Crippen molar-refractivity contribution in [3.63, 3.8) is 0 Å². The van der Waals surface area contributed by atoms with E-state index in [9.17, 15) is 9.59 Å². The number of amides is 3. The maximum atomic E-state index is 13.8. The summed E-state index contributed by atoms with van der Waals surface area (Å²) >= 11 is 6.64. The molecule has 1 aromatic heterocycles. The number of fused-ring (bicyclic) bond motifs is 2. The van der Waals surface area contributed by atoms with Crippen LogP contribution in [0.4, 0.5) is 22.0 Å². The number of aryl methyl sites for hydroxylation is 2. The Morgan fingerprint density at radius 1 is 1.07 bits per heavy atom. The van der Waals surface area contributed by atoms with Crippen LogP contribution in [-0.4, -0.2) is 64.2 Å². The number of urea groups is 1. The first-order chi connectivity index (χ1) is 19.5. The highest BCUT2D eigenvalue weighted by atomic mass is 35.5. The van der Waals surface area contributed by atoms with Gasteiger partial charge in [-0.3, -0.25) is 14.4 Å². The summed E-state index contributed by atoms with van der Waals surface area (Å²) in [6.07, 6.45) is 2.92. The van der Waals surface area contributed by atoms with Crippen molar-refractivity contribution in [2.75, 3.05) is 42.9 Å². The number of aromatic nitrogens is 2. The normalized spacial score (nSPS) is 15.6. The van der Waals surface area contributed by atoms with Gasteiger partial charge in [-0.05, 0) is 60.7 Å². The molecule has 0 atom stereocenters. The fraction of sp³-hybridized carbons (Fsp3) is 0.452. The van der Waals surface area contributed by atoms with Gasteiger partial charge in [-0.25, -0.2) is 4.79 Å². The molecule has 3 amide bonds. The van der Waals surface area contributed by atoms with E-state index < -0.39 is 0 Å². The van der Waals surface area contributed by atoms with Crippen LogP contribution in [0.5, 0.6) is 0 Å². The molecule has 218 valence electrons.